The molecule has 1 aliphatic heterocycles. The van der Waals surface area contributed by atoms with E-state index in [0.717, 1.165) is 31.7 Å². The third kappa shape index (κ3) is 4.50. The largest absolute Gasteiger partial charge is 0.503 e. The summed E-state index contributed by atoms with van der Waals surface area (Å²) in [4.78, 5) is 38.4. The molecule has 2 heterocycles. The molecule has 3 N–H and O–H groups in total. The lowest BCUT2D eigenvalue weighted by Crippen LogP contribution is -2.46. The van der Waals surface area contributed by atoms with Crippen LogP contribution in [0.5, 0.6) is 5.75 Å². The molecule has 3 unspecified atom stereocenters. The highest BCUT2D eigenvalue weighted by Gasteiger charge is 2.38. The fraction of sp³-hybridized carbons (Fsp3) is 0.409. The zero-order chi connectivity index (χ0) is 23.7. The standard InChI is InChI=1S/C22H24F2N3O5P/c23-14-6-5-12(16(24)7-14)8-25-21(31)15-9-26-11-33-27(17-4-2-1-3-13(17)10-28)22(32)18(26)20(30)19(15)29/h5-7,9,13,17,28,30,33H,1-4,8,10-11H2,(H,25,31). The topological polar surface area (TPSA) is 112 Å². The molecule has 2 aromatic rings. The number of aliphatic hydroxyl groups excluding tert-OH is 1. The number of carbonyl (C=O) groups is 2. The number of hydrogen-bond acceptors (Lipinski definition) is 5. The van der Waals surface area contributed by atoms with Gasteiger partial charge in [-0.25, -0.2) is 8.78 Å². The molecule has 1 aliphatic carbocycles. The van der Waals surface area contributed by atoms with Crippen molar-refractivity contribution in [1.82, 2.24) is 14.6 Å². The number of amides is 2. The van der Waals surface area contributed by atoms with Crippen molar-refractivity contribution in [1.29, 1.82) is 0 Å². The van der Waals surface area contributed by atoms with Crippen LogP contribution in [0.15, 0.2) is 29.2 Å². The third-order valence-electron chi connectivity index (χ3n) is 6.22. The second-order valence-electron chi connectivity index (χ2n) is 8.24. The number of aromatic nitrogens is 1. The molecule has 4 rings (SSSR count). The maximum atomic E-state index is 13.8. The van der Waals surface area contributed by atoms with E-state index in [2.05, 4.69) is 5.32 Å². The van der Waals surface area contributed by atoms with Crippen molar-refractivity contribution < 1.29 is 28.6 Å². The van der Waals surface area contributed by atoms with E-state index < -0.39 is 34.6 Å². The summed E-state index contributed by atoms with van der Waals surface area (Å²) in [6.45, 7) is -0.322. The minimum absolute atomic E-state index is 0.0242. The molecule has 2 amide bonds. The number of benzene rings is 1. The predicted molar refractivity (Wildman–Crippen MR) is 117 cm³/mol. The number of nitrogens with one attached hydrogen (secondary N) is 1. The molecular formula is C22H24F2N3O5P. The second-order valence-corrected chi connectivity index (χ2v) is 9.36. The van der Waals surface area contributed by atoms with E-state index in [1.165, 1.54) is 16.8 Å². The number of aliphatic hydroxyl groups is 1. The third-order valence-corrected chi connectivity index (χ3v) is 7.58. The van der Waals surface area contributed by atoms with E-state index in [0.29, 0.717) is 6.07 Å². The van der Waals surface area contributed by atoms with Gasteiger partial charge in [0.25, 0.3) is 11.8 Å². The average Bonchev–Trinajstić information content (AvgIpc) is 2.80. The smallest absolute Gasteiger partial charge is 0.277 e. The fourth-order valence-corrected chi connectivity index (χ4v) is 5.82. The summed E-state index contributed by atoms with van der Waals surface area (Å²) < 4.78 is 29.9. The van der Waals surface area contributed by atoms with Crippen LogP contribution in [0.25, 0.3) is 0 Å². The number of aromatic hydroxyl groups is 1. The summed E-state index contributed by atoms with van der Waals surface area (Å²) in [5.74, 6) is -3.80. The molecule has 1 fully saturated rings. The molecule has 1 aromatic carbocycles. The van der Waals surface area contributed by atoms with Crippen molar-refractivity contribution >= 4 is 20.5 Å². The van der Waals surface area contributed by atoms with E-state index in [-0.39, 0.29) is 56.9 Å². The van der Waals surface area contributed by atoms with Crippen LogP contribution in [0.1, 0.15) is 52.1 Å². The Labute approximate surface area is 190 Å². The van der Waals surface area contributed by atoms with Crippen LogP contribution in [0.4, 0.5) is 8.78 Å². The van der Waals surface area contributed by atoms with Crippen LogP contribution in [0.2, 0.25) is 0 Å². The van der Waals surface area contributed by atoms with Gasteiger partial charge in [0.05, 0.1) is 6.29 Å². The quantitative estimate of drug-likeness (QED) is 0.570. The molecular weight excluding hydrogens is 455 g/mol. The lowest BCUT2D eigenvalue weighted by atomic mass is 9.85. The zero-order valence-corrected chi connectivity index (χ0v) is 18.7. The number of fused-ring (bicyclic) bond motifs is 1. The Bertz CT molecular complexity index is 1160. The first kappa shape index (κ1) is 23.3. The van der Waals surface area contributed by atoms with Crippen LogP contribution in [-0.4, -0.2) is 43.9 Å². The van der Waals surface area contributed by atoms with Crippen molar-refractivity contribution in [3.8, 4) is 5.75 Å². The summed E-state index contributed by atoms with van der Waals surface area (Å²) in [5, 5.41) is 22.6. The number of rotatable bonds is 5. The number of carbonyl (C=O) groups excluding carboxylic acids is 2. The number of halogens is 2. The van der Waals surface area contributed by atoms with Crippen LogP contribution in [0, 0.1) is 17.6 Å². The number of pyridine rings is 1. The summed E-state index contributed by atoms with van der Waals surface area (Å²) in [6.07, 6.45) is 4.98. The highest BCUT2D eigenvalue weighted by atomic mass is 31.1. The van der Waals surface area contributed by atoms with Crippen molar-refractivity contribution in [2.24, 2.45) is 5.92 Å². The Hall–Kier alpha value is -2.84. The summed E-state index contributed by atoms with van der Waals surface area (Å²) >= 11 is 0. The molecule has 8 nitrogen and oxygen atoms in total. The minimum atomic E-state index is -1.00. The maximum Gasteiger partial charge on any atom is 0.277 e. The molecule has 0 saturated heterocycles. The monoisotopic (exact) mass is 479 g/mol. The van der Waals surface area contributed by atoms with Gasteiger partial charge in [-0.3, -0.25) is 14.4 Å². The van der Waals surface area contributed by atoms with E-state index in [4.69, 9.17) is 0 Å². The van der Waals surface area contributed by atoms with Crippen LogP contribution >= 0.6 is 8.73 Å². The van der Waals surface area contributed by atoms with Gasteiger partial charge in [-0.2, -0.15) is 0 Å². The Balaban J connectivity index is 1.57. The SMILES string of the molecule is O=C(NCc1ccc(F)cc1F)c1cn2c(c(O)c1=O)C(=O)N(C1CCCCC1CO)PC2. The highest BCUT2D eigenvalue weighted by Crippen LogP contribution is 2.40. The summed E-state index contributed by atoms with van der Waals surface area (Å²) in [7, 11) is 0.0242. The predicted octanol–water partition coefficient (Wildman–Crippen LogP) is 2.32. The molecule has 176 valence electrons. The Morgan fingerprint density at radius 3 is 2.70 bits per heavy atom. The Morgan fingerprint density at radius 1 is 1.21 bits per heavy atom. The molecule has 11 heteroatoms. The Kier molecular flexibility index (Phi) is 6.76. The van der Waals surface area contributed by atoms with Gasteiger partial charge in [-0.1, -0.05) is 18.9 Å². The van der Waals surface area contributed by atoms with Gasteiger partial charge >= 0.3 is 0 Å². The van der Waals surface area contributed by atoms with Gasteiger partial charge < -0.3 is 24.8 Å². The molecule has 0 radical (unpaired) electrons. The maximum absolute atomic E-state index is 13.8. The van der Waals surface area contributed by atoms with Gasteiger partial charge in [0.15, 0.2) is 11.4 Å². The first-order chi connectivity index (χ1) is 15.8. The summed E-state index contributed by atoms with van der Waals surface area (Å²) in [5.41, 5.74) is -1.53. The molecule has 1 saturated carbocycles. The van der Waals surface area contributed by atoms with Gasteiger partial charge in [0, 0.05) is 51.7 Å². The minimum Gasteiger partial charge on any atom is -0.503 e. The van der Waals surface area contributed by atoms with Gasteiger partial charge in [-0.05, 0) is 18.9 Å². The molecule has 1 aromatic heterocycles. The fourth-order valence-electron chi connectivity index (χ4n) is 4.44. The van der Waals surface area contributed by atoms with Gasteiger partial charge in [-0.15, -0.1) is 0 Å². The molecule has 3 atom stereocenters. The summed E-state index contributed by atoms with van der Waals surface area (Å²) in [6, 6.07) is 2.76. The normalized spacial score (nSPS) is 21.2. The van der Waals surface area contributed by atoms with E-state index in [1.54, 1.807) is 4.67 Å². The van der Waals surface area contributed by atoms with E-state index >= 15 is 0 Å². The highest BCUT2D eigenvalue weighted by molar-refractivity contribution is 7.35. The van der Waals surface area contributed by atoms with Crippen molar-refractivity contribution in [3.05, 3.63) is 63.1 Å². The van der Waals surface area contributed by atoms with Crippen LogP contribution in [0.3, 0.4) is 0 Å². The van der Waals surface area contributed by atoms with Crippen molar-refractivity contribution in [2.75, 3.05) is 6.61 Å². The second kappa shape index (κ2) is 9.57. The first-order valence-corrected chi connectivity index (χ1v) is 11.8. The van der Waals surface area contributed by atoms with E-state index in [1.807, 2.05) is 0 Å². The average molecular weight is 479 g/mol. The number of nitrogens with zero attached hydrogens (tertiary/aromatic N) is 2. The number of hydrogen-bond donors (Lipinski definition) is 3. The first-order valence-electron chi connectivity index (χ1n) is 10.7. The Morgan fingerprint density at radius 2 is 1.97 bits per heavy atom. The molecule has 2 aliphatic rings. The van der Waals surface area contributed by atoms with Crippen molar-refractivity contribution in [3.63, 3.8) is 0 Å². The molecule has 33 heavy (non-hydrogen) atoms. The molecule has 0 spiro atoms. The zero-order valence-electron chi connectivity index (χ0n) is 17.7. The van der Waals surface area contributed by atoms with Crippen molar-refractivity contribution in [2.45, 2.75) is 44.6 Å². The van der Waals surface area contributed by atoms with E-state index in [9.17, 15) is 33.4 Å². The van der Waals surface area contributed by atoms with Crippen LogP contribution in [-0.2, 0) is 12.8 Å². The lowest BCUT2D eigenvalue weighted by Gasteiger charge is -2.41. The van der Waals surface area contributed by atoms with Crippen LogP contribution < -0.4 is 10.7 Å². The lowest BCUT2D eigenvalue weighted by molar-refractivity contribution is 0.0659. The van der Waals surface area contributed by atoms with Gasteiger partial charge in [0.2, 0.25) is 5.43 Å². The molecule has 0 bridgehead atoms. The van der Waals surface area contributed by atoms with Gasteiger partial charge in [0.1, 0.15) is 17.2 Å².